The molecule has 2 N–H and O–H groups in total. The van der Waals surface area contributed by atoms with Crippen molar-refractivity contribution in [3.8, 4) is 11.5 Å². The molecular formula is C22H32IN3O3. The van der Waals surface area contributed by atoms with E-state index >= 15 is 0 Å². The summed E-state index contributed by atoms with van der Waals surface area (Å²) in [5, 5.41) is 6.62. The first kappa shape index (κ1) is 25.0. The van der Waals surface area contributed by atoms with Crippen LogP contribution in [-0.4, -0.2) is 46.0 Å². The zero-order valence-electron chi connectivity index (χ0n) is 17.6. The van der Waals surface area contributed by atoms with Crippen LogP contribution in [0.1, 0.15) is 18.1 Å². The number of aryl methyl sites for hydroxylation is 1. The molecule has 7 heteroatoms. The van der Waals surface area contributed by atoms with Gasteiger partial charge in [-0.1, -0.05) is 30.3 Å². The number of rotatable bonds is 10. The quantitative estimate of drug-likeness (QED) is 0.219. The van der Waals surface area contributed by atoms with E-state index in [0.29, 0.717) is 32.3 Å². The van der Waals surface area contributed by atoms with E-state index in [4.69, 9.17) is 14.2 Å². The predicted octanol–water partition coefficient (Wildman–Crippen LogP) is 3.77. The van der Waals surface area contributed by atoms with E-state index in [0.717, 1.165) is 22.6 Å². The fraction of sp³-hybridized carbons (Fsp3) is 0.409. The summed E-state index contributed by atoms with van der Waals surface area (Å²) in [7, 11) is 3.42. The second kappa shape index (κ2) is 14.1. The fourth-order valence-electron chi connectivity index (χ4n) is 2.59. The normalized spacial score (nSPS) is 11.9. The van der Waals surface area contributed by atoms with Crippen molar-refractivity contribution in [1.82, 2.24) is 10.6 Å². The van der Waals surface area contributed by atoms with Gasteiger partial charge in [-0.15, -0.1) is 24.0 Å². The van der Waals surface area contributed by atoms with Crippen LogP contribution in [0.25, 0.3) is 0 Å². The molecule has 1 atom stereocenters. The summed E-state index contributed by atoms with van der Waals surface area (Å²) in [5.41, 5.74) is 2.23. The summed E-state index contributed by atoms with van der Waals surface area (Å²) in [5.74, 6) is 2.44. The van der Waals surface area contributed by atoms with Crippen LogP contribution in [0.3, 0.4) is 0 Å². The molecule has 0 aliphatic heterocycles. The van der Waals surface area contributed by atoms with Crippen LogP contribution in [-0.2, 0) is 11.3 Å². The molecule has 2 aromatic carbocycles. The highest BCUT2D eigenvalue weighted by atomic mass is 127. The summed E-state index contributed by atoms with van der Waals surface area (Å²) < 4.78 is 16.8. The van der Waals surface area contributed by atoms with Gasteiger partial charge in [0.05, 0.1) is 13.2 Å². The first-order valence-electron chi connectivity index (χ1n) is 9.50. The fourth-order valence-corrected chi connectivity index (χ4v) is 2.59. The molecule has 2 rings (SSSR count). The van der Waals surface area contributed by atoms with Gasteiger partial charge in [0.15, 0.2) is 5.96 Å². The lowest BCUT2D eigenvalue weighted by atomic mass is 10.1. The number of hydrogen-bond acceptors (Lipinski definition) is 4. The Morgan fingerprint density at radius 1 is 1.07 bits per heavy atom. The van der Waals surface area contributed by atoms with E-state index in [1.54, 1.807) is 14.2 Å². The number of methoxy groups -OCH3 is 1. The first-order valence-corrected chi connectivity index (χ1v) is 9.50. The highest BCUT2D eigenvalue weighted by Gasteiger charge is 2.08. The number of benzene rings is 2. The molecule has 0 aromatic heterocycles. The van der Waals surface area contributed by atoms with Gasteiger partial charge in [0.2, 0.25) is 0 Å². The zero-order valence-corrected chi connectivity index (χ0v) is 19.9. The third kappa shape index (κ3) is 9.36. The molecule has 0 bridgehead atoms. The van der Waals surface area contributed by atoms with Gasteiger partial charge in [-0.25, -0.2) is 0 Å². The lowest BCUT2D eigenvalue weighted by Gasteiger charge is -2.18. The summed E-state index contributed by atoms with van der Waals surface area (Å²) >= 11 is 0. The zero-order chi connectivity index (χ0) is 20.2. The van der Waals surface area contributed by atoms with Crippen LogP contribution in [0.5, 0.6) is 11.5 Å². The largest absolute Gasteiger partial charge is 0.491 e. The number of guanidine groups is 1. The van der Waals surface area contributed by atoms with Crippen molar-refractivity contribution in [2.75, 3.05) is 33.9 Å². The Labute approximate surface area is 191 Å². The number of para-hydroxylation sites is 1. The van der Waals surface area contributed by atoms with Crippen molar-refractivity contribution in [2.45, 2.75) is 26.5 Å². The van der Waals surface area contributed by atoms with E-state index in [-0.39, 0.29) is 30.1 Å². The van der Waals surface area contributed by atoms with E-state index in [1.165, 1.54) is 0 Å². The van der Waals surface area contributed by atoms with Gasteiger partial charge in [0, 0.05) is 26.3 Å². The summed E-state index contributed by atoms with van der Waals surface area (Å²) in [6.07, 6.45) is 0.00765. The molecule has 0 amide bonds. The minimum atomic E-state index is 0. The Balaban J connectivity index is 0.00000420. The smallest absolute Gasteiger partial charge is 0.191 e. The Morgan fingerprint density at radius 2 is 1.83 bits per heavy atom. The molecule has 0 radical (unpaired) electrons. The molecule has 0 aliphatic carbocycles. The molecule has 0 saturated heterocycles. The standard InChI is InChI=1S/C22H31N3O3.HI/c1-17-10-11-19(21(14-17)27-13-12-26-4)16-25-22(23-3)24-15-18(2)28-20-8-6-5-7-9-20;/h5-11,14,18H,12-13,15-16H2,1-4H3,(H2,23,24,25);1H. The third-order valence-electron chi connectivity index (χ3n) is 4.08. The maximum atomic E-state index is 5.88. The van der Waals surface area contributed by atoms with Gasteiger partial charge in [-0.05, 0) is 37.6 Å². The number of hydrogen-bond donors (Lipinski definition) is 2. The minimum absolute atomic E-state index is 0. The summed E-state index contributed by atoms with van der Waals surface area (Å²) in [6.45, 7) is 6.40. The highest BCUT2D eigenvalue weighted by Crippen LogP contribution is 2.20. The van der Waals surface area contributed by atoms with E-state index < -0.39 is 0 Å². The van der Waals surface area contributed by atoms with Crippen molar-refractivity contribution in [2.24, 2.45) is 4.99 Å². The first-order chi connectivity index (χ1) is 13.6. The lowest BCUT2D eigenvalue weighted by molar-refractivity contribution is 0.145. The van der Waals surface area contributed by atoms with E-state index in [2.05, 4.69) is 34.7 Å². The summed E-state index contributed by atoms with van der Waals surface area (Å²) in [6, 6.07) is 16.0. The average molecular weight is 513 g/mol. The molecule has 0 spiro atoms. The average Bonchev–Trinajstić information content (AvgIpc) is 2.70. The van der Waals surface area contributed by atoms with Gasteiger partial charge >= 0.3 is 0 Å². The topological polar surface area (TPSA) is 64.1 Å². The second-order valence-corrected chi connectivity index (χ2v) is 6.50. The number of nitrogens with one attached hydrogen (secondary N) is 2. The predicted molar refractivity (Wildman–Crippen MR) is 129 cm³/mol. The van der Waals surface area contributed by atoms with Crippen molar-refractivity contribution in [3.05, 3.63) is 59.7 Å². The number of aliphatic imine (C=N–C) groups is 1. The van der Waals surface area contributed by atoms with Gasteiger partial charge in [-0.2, -0.15) is 0 Å². The van der Waals surface area contributed by atoms with Crippen LogP contribution < -0.4 is 20.1 Å². The second-order valence-electron chi connectivity index (χ2n) is 6.50. The monoisotopic (exact) mass is 513 g/mol. The molecule has 0 saturated carbocycles. The molecule has 29 heavy (non-hydrogen) atoms. The molecule has 2 aromatic rings. The number of ether oxygens (including phenoxy) is 3. The molecule has 1 unspecified atom stereocenters. The van der Waals surface area contributed by atoms with Gasteiger partial charge in [0.1, 0.15) is 24.2 Å². The minimum Gasteiger partial charge on any atom is -0.491 e. The van der Waals surface area contributed by atoms with Gasteiger partial charge < -0.3 is 24.8 Å². The number of halogens is 1. The van der Waals surface area contributed by atoms with Crippen LogP contribution in [0.4, 0.5) is 0 Å². The Bertz CT molecular complexity index is 741. The Hall–Kier alpha value is -2.00. The molecule has 6 nitrogen and oxygen atoms in total. The Kier molecular flexibility index (Phi) is 12.1. The van der Waals surface area contributed by atoms with Crippen molar-refractivity contribution < 1.29 is 14.2 Å². The van der Waals surface area contributed by atoms with E-state index in [1.807, 2.05) is 43.3 Å². The molecule has 160 valence electrons. The van der Waals surface area contributed by atoms with Crippen LogP contribution in [0.2, 0.25) is 0 Å². The van der Waals surface area contributed by atoms with Crippen molar-refractivity contribution in [1.29, 1.82) is 0 Å². The van der Waals surface area contributed by atoms with Crippen molar-refractivity contribution in [3.63, 3.8) is 0 Å². The maximum Gasteiger partial charge on any atom is 0.191 e. The third-order valence-corrected chi connectivity index (χ3v) is 4.08. The molecule has 0 heterocycles. The van der Waals surface area contributed by atoms with Crippen LogP contribution in [0.15, 0.2) is 53.5 Å². The van der Waals surface area contributed by atoms with Crippen LogP contribution >= 0.6 is 24.0 Å². The molecule has 0 aliphatic rings. The summed E-state index contributed by atoms with van der Waals surface area (Å²) in [4.78, 5) is 4.28. The number of nitrogens with zero attached hydrogens (tertiary/aromatic N) is 1. The van der Waals surface area contributed by atoms with Gasteiger partial charge in [0.25, 0.3) is 0 Å². The Morgan fingerprint density at radius 3 is 2.52 bits per heavy atom. The van der Waals surface area contributed by atoms with Gasteiger partial charge in [-0.3, -0.25) is 4.99 Å². The molecular weight excluding hydrogens is 481 g/mol. The van der Waals surface area contributed by atoms with Crippen LogP contribution in [0, 0.1) is 6.92 Å². The maximum absolute atomic E-state index is 5.88. The lowest BCUT2D eigenvalue weighted by Crippen LogP contribution is -2.41. The van der Waals surface area contributed by atoms with Crippen molar-refractivity contribution >= 4 is 29.9 Å². The highest BCUT2D eigenvalue weighted by molar-refractivity contribution is 14.0. The molecule has 0 fully saturated rings. The van der Waals surface area contributed by atoms with E-state index in [9.17, 15) is 0 Å². The SMILES string of the molecule is CN=C(NCc1ccc(C)cc1OCCOC)NCC(C)Oc1ccccc1.I.